The van der Waals surface area contributed by atoms with E-state index in [1.807, 2.05) is 0 Å². The van der Waals surface area contributed by atoms with Crippen molar-refractivity contribution in [2.24, 2.45) is 5.41 Å². The number of likely N-dealkylation sites (N-methyl/N-ethyl adjacent to an activating group) is 1. The van der Waals surface area contributed by atoms with E-state index in [0.717, 1.165) is 19.8 Å². The summed E-state index contributed by atoms with van der Waals surface area (Å²) in [5.41, 5.74) is 0.446. The molecule has 2 aliphatic heterocycles. The molecule has 1 N–H and O–H groups in total. The lowest BCUT2D eigenvalue weighted by Gasteiger charge is -2.43. The minimum absolute atomic E-state index is 0.446. The second-order valence-electron chi connectivity index (χ2n) is 5.85. The number of piperazine rings is 1. The topological polar surface area (TPSA) is 27.7 Å². The molecule has 2 heterocycles. The maximum absolute atomic E-state index is 5.54. The molecule has 0 saturated carbocycles. The number of rotatable bonds is 5. The molecule has 0 aromatic heterocycles. The Kier molecular flexibility index (Phi) is 5.42. The van der Waals surface area contributed by atoms with Gasteiger partial charge in [0.2, 0.25) is 0 Å². The zero-order valence-corrected chi connectivity index (χ0v) is 12.1. The van der Waals surface area contributed by atoms with Gasteiger partial charge < -0.3 is 19.9 Å². The van der Waals surface area contributed by atoms with Gasteiger partial charge in [-0.2, -0.15) is 0 Å². The number of nitrogens with one attached hydrogen (secondary N) is 1. The molecule has 0 unspecified atom stereocenters. The summed E-state index contributed by atoms with van der Waals surface area (Å²) in [6, 6.07) is 0. The quantitative estimate of drug-likeness (QED) is 0.780. The molecular weight excluding hydrogens is 226 g/mol. The van der Waals surface area contributed by atoms with Gasteiger partial charge in [-0.05, 0) is 31.8 Å². The molecule has 2 aliphatic rings. The third kappa shape index (κ3) is 3.67. The summed E-state index contributed by atoms with van der Waals surface area (Å²) in [6.07, 6.45) is 2.42. The number of hydrogen-bond donors (Lipinski definition) is 1. The molecular formula is C14H29N3O. The summed E-state index contributed by atoms with van der Waals surface area (Å²) in [7, 11) is 2.08. The van der Waals surface area contributed by atoms with E-state index >= 15 is 0 Å². The molecule has 106 valence electrons. The van der Waals surface area contributed by atoms with Crippen LogP contribution in [0.5, 0.6) is 0 Å². The van der Waals surface area contributed by atoms with Crippen LogP contribution in [0.2, 0.25) is 0 Å². The first-order chi connectivity index (χ1) is 8.78. The van der Waals surface area contributed by atoms with Gasteiger partial charge in [0.15, 0.2) is 0 Å². The second-order valence-corrected chi connectivity index (χ2v) is 5.85. The van der Waals surface area contributed by atoms with Crippen LogP contribution in [0.1, 0.15) is 19.8 Å². The van der Waals surface area contributed by atoms with Crippen LogP contribution in [0.4, 0.5) is 0 Å². The van der Waals surface area contributed by atoms with Crippen molar-refractivity contribution in [3.8, 4) is 0 Å². The third-order valence-electron chi connectivity index (χ3n) is 4.58. The molecule has 4 nitrogen and oxygen atoms in total. The highest BCUT2D eigenvalue weighted by Crippen LogP contribution is 2.31. The first-order valence-electron chi connectivity index (χ1n) is 7.45. The van der Waals surface area contributed by atoms with Crippen molar-refractivity contribution in [2.45, 2.75) is 19.8 Å². The van der Waals surface area contributed by atoms with E-state index in [1.165, 1.54) is 52.1 Å². The molecule has 0 bridgehead atoms. The van der Waals surface area contributed by atoms with E-state index in [4.69, 9.17) is 4.74 Å². The van der Waals surface area contributed by atoms with E-state index in [-0.39, 0.29) is 0 Å². The molecule has 18 heavy (non-hydrogen) atoms. The van der Waals surface area contributed by atoms with Gasteiger partial charge in [0.05, 0.1) is 0 Å². The molecule has 0 aromatic rings. The van der Waals surface area contributed by atoms with Crippen LogP contribution in [0.15, 0.2) is 0 Å². The van der Waals surface area contributed by atoms with Crippen LogP contribution < -0.4 is 5.32 Å². The fourth-order valence-electron chi connectivity index (χ4n) is 3.31. The van der Waals surface area contributed by atoms with E-state index in [9.17, 15) is 0 Å². The van der Waals surface area contributed by atoms with Crippen molar-refractivity contribution in [1.29, 1.82) is 0 Å². The summed E-state index contributed by atoms with van der Waals surface area (Å²) < 4.78 is 5.54. The van der Waals surface area contributed by atoms with Gasteiger partial charge in [-0.1, -0.05) is 6.92 Å². The van der Waals surface area contributed by atoms with Crippen molar-refractivity contribution < 1.29 is 4.74 Å². The molecule has 4 heteroatoms. The average Bonchev–Trinajstić information content (AvgIpc) is 2.41. The van der Waals surface area contributed by atoms with Gasteiger partial charge in [-0.3, -0.25) is 0 Å². The Hall–Kier alpha value is -0.160. The smallest absolute Gasteiger partial charge is 0.0472 e. The summed E-state index contributed by atoms with van der Waals surface area (Å²) in [4.78, 5) is 5.21. The lowest BCUT2D eigenvalue weighted by Crippen LogP contribution is -2.52. The Labute approximate surface area is 112 Å². The van der Waals surface area contributed by atoms with Gasteiger partial charge in [-0.15, -0.1) is 0 Å². The maximum Gasteiger partial charge on any atom is 0.0472 e. The van der Waals surface area contributed by atoms with E-state index in [0.29, 0.717) is 5.41 Å². The van der Waals surface area contributed by atoms with E-state index < -0.39 is 0 Å². The Morgan fingerprint density at radius 3 is 2.22 bits per heavy atom. The van der Waals surface area contributed by atoms with Crippen molar-refractivity contribution in [2.75, 3.05) is 66.1 Å². The average molecular weight is 255 g/mol. The van der Waals surface area contributed by atoms with Gasteiger partial charge >= 0.3 is 0 Å². The molecule has 0 aliphatic carbocycles. The zero-order valence-electron chi connectivity index (χ0n) is 12.1. The molecule has 0 atom stereocenters. The Morgan fingerprint density at radius 2 is 1.67 bits per heavy atom. The van der Waals surface area contributed by atoms with Crippen molar-refractivity contribution in [3.05, 3.63) is 0 Å². The molecule has 0 radical (unpaired) electrons. The van der Waals surface area contributed by atoms with Gasteiger partial charge in [0.1, 0.15) is 0 Å². The highest BCUT2D eigenvalue weighted by Gasteiger charge is 2.34. The van der Waals surface area contributed by atoms with Gasteiger partial charge in [-0.25, -0.2) is 0 Å². The summed E-state index contributed by atoms with van der Waals surface area (Å²) in [5, 5.41) is 3.40. The van der Waals surface area contributed by atoms with Crippen LogP contribution in [0.3, 0.4) is 0 Å². The molecule has 0 amide bonds. The van der Waals surface area contributed by atoms with Gasteiger partial charge in [0.25, 0.3) is 0 Å². The molecule has 2 saturated heterocycles. The lowest BCUT2D eigenvalue weighted by molar-refractivity contribution is -0.0112. The summed E-state index contributed by atoms with van der Waals surface area (Å²) in [6.45, 7) is 12.7. The Bertz CT molecular complexity index is 228. The van der Waals surface area contributed by atoms with Crippen LogP contribution in [-0.2, 0) is 4.74 Å². The molecule has 2 rings (SSSR count). The van der Waals surface area contributed by atoms with Crippen LogP contribution >= 0.6 is 0 Å². The zero-order chi connectivity index (χ0) is 12.8. The maximum atomic E-state index is 5.54. The standard InChI is InChI=1S/C14H29N3O/c1-3-16-6-8-17(9-7-16)13-14(12-15-2)4-10-18-11-5-14/h15H,3-13H2,1-2H3. The largest absolute Gasteiger partial charge is 0.381 e. The predicted molar refractivity (Wildman–Crippen MR) is 75.0 cm³/mol. The third-order valence-corrected chi connectivity index (χ3v) is 4.58. The van der Waals surface area contributed by atoms with Crippen molar-refractivity contribution in [3.63, 3.8) is 0 Å². The summed E-state index contributed by atoms with van der Waals surface area (Å²) in [5.74, 6) is 0. The first kappa shape index (κ1) is 14.3. The highest BCUT2D eigenvalue weighted by molar-refractivity contribution is 4.88. The fraction of sp³-hybridized carbons (Fsp3) is 1.00. The van der Waals surface area contributed by atoms with Gasteiger partial charge in [0, 0.05) is 52.5 Å². The highest BCUT2D eigenvalue weighted by atomic mass is 16.5. The number of nitrogens with zero attached hydrogens (tertiary/aromatic N) is 2. The molecule has 0 aromatic carbocycles. The van der Waals surface area contributed by atoms with E-state index in [2.05, 4.69) is 29.1 Å². The SMILES string of the molecule is CCN1CCN(CC2(CNC)CCOCC2)CC1. The summed E-state index contributed by atoms with van der Waals surface area (Å²) >= 11 is 0. The second kappa shape index (κ2) is 6.85. The molecule has 0 spiro atoms. The fourth-order valence-corrected chi connectivity index (χ4v) is 3.31. The van der Waals surface area contributed by atoms with E-state index in [1.54, 1.807) is 0 Å². The predicted octanol–water partition coefficient (Wildman–Crippen LogP) is 0.640. The normalized spacial score (nSPS) is 26.3. The Morgan fingerprint density at radius 1 is 1.06 bits per heavy atom. The number of hydrogen-bond acceptors (Lipinski definition) is 4. The minimum Gasteiger partial charge on any atom is -0.381 e. The number of ether oxygens (including phenoxy) is 1. The van der Waals surface area contributed by atoms with Crippen LogP contribution in [0, 0.1) is 5.41 Å². The van der Waals surface area contributed by atoms with Crippen LogP contribution in [0.25, 0.3) is 0 Å². The molecule has 2 fully saturated rings. The lowest BCUT2D eigenvalue weighted by atomic mass is 9.79. The first-order valence-corrected chi connectivity index (χ1v) is 7.45. The van der Waals surface area contributed by atoms with Crippen molar-refractivity contribution in [1.82, 2.24) is 15.1 Å². The van der Waals surface area contributed by atoms with Crippen molar-refractivity contribution >= 4 is 0 Å². The van der Waals surface area contributed by atoms with Crippen LogP contribution in [-0.4, -0.2) is 75.9 Å². The Balaban J connectivity index is 1.85. The minimum atomic E-state index is 0.446. The monoisotopic (exact) mass is 255 g/mol.